The van der Waals surface area contributed by atoms with Gasteiger partial charge >= 0.3 is 0 Å². The molecule has 1 aromatic heterocycles. The summed E-state index contributed by atoms with van der Waals surface area (Å²) in [4.78, 5) is 6.65. The van der Waals surface area contributed by atoms with Gasteiger partial charge in [-0.05, 0) is 25.1 Å². The van der Waals surface area contributed by atoms with E-state index in [0.29, 0.717) is 6.04 Å². The highest BCUT2D eigenvalue weighted by Crippen LogP contribution is 2.36. The van der Waals surface area contributed by atoms with Crippen LogP contribution in [0.15, 0.2) is 24.5 Å². The van der Waals surface area contributed by atoms with Gasteiger partial charge in [0.2, 0.25) is 0 Å². The number of pyridine rings is 1. The Morgan fingerprint density at radius 3 is 3.06 bits per heavy atom. The summed E-state index contributed by atoms with van der Waals surface area (Å²) in [5.74, 6) is 0. The quantitative estimate of drug-likeness (QED) is 0.851. The average Bonchev–Trinajstić information content (AvgIpc) is 2.35. The van der Waals surface area contributed by atoms with E-state index in [0.717, 1.165) is 39.3 Å². The molecule has 0 radical (unpaired) electrons. The number of rotatable bonds is 3. The largest absolute Gasteiger partial charge is 0.379 e. The lowest BCUT2D eigenvalue weighted by Crippen LogP contribution is -2.56. The Morgan fingerprint density at radius 2 is 2.44 bits per heavy atom. The standard InChI is InChI=1S/C14H21N3O/c1-17-6-5-16-13(9-17)7-14(10-18-11-14)12-3-2-4-15-8-12/h2-4,8,13,16H,5-7,9-11H2,1H3. The second-order valence-electron chi connectivity index (χ2n) is 5.63. The summed E-state index contributed by atoms with van der Waals surface area (Å²) in [5.41, 5.74) is 1.51. The van der Waals surface area contributed by atoms with Crippen LogP contribution in [0.3, 0.4) is 0 Å². The fourth-order valence-electron chi connectivity index (χ4n) is 3.03. The topological polar surface area (TPSA) is 37.4 Å². The van der Waals surface area contributed by atoms with E-state index < -0.39 is 0 Å². The van der Waals surface area contributed by atoms with Gasteiger partial charge < -0.3 is 15.0 Å². The molecule has 3 rings (SSSR count). The molecule has 0 spiro atoms. The van der Waals surface area contributed by atoms with Crippen LogP contribution in [0, 0.1) is 0 Å². The molecule has 0 bridgehead atoms. The molecule has 2 aliphatic rings. The Hall–Kier alpha value is -0.970. The molecular formula is C14H21N3O. The van der Waals surface area contributed by atoms with Gasteiger partial charge in [-0.25, -0.2) is 0 Å². The molecule has 1 atom stereocenters. The molecule has 1 aromatic rings. The Balaban J connectivity index is 1.72. The van der Waals surface area contributed by atoms with Crippen molar-refractivity contribution in [2.24, 2.45) is 0 Å². The van der Waals surface area contributed by atoms with E-state index in [4.69, 9.17) is 4.74 Å². The molecule has 2 aliphatic heterocycles. The summed E-state index contributed by atoms with van der Waals surface area (Å²) in [6, 6.07) is 4.77. The molecule has 1 unspecified atom stereocenters. The van der Waals surface area contributed by atoms with Crippen molar-refractivity contribution in [3.63, 3.8) is 0 Å². The summed E-state index contributed by atoms with van der Waals surface area (Å²) in [7, 11) is 2.20. The van der Waals surface area contributed by atoms with Gasteiger partial charge in [0.05, 0.1) is 13.2 Å². The van der Waals surface area contributed by atoms with Crippen LogP contribution < -0.4 is 5.32 Å². The molecule has 98 valence electrons. The number of piperazine rings is 1. The molecular weight excluding hydrogens is 226 g/mol. The minimum Gasteiger partial charge on any atom is -0.379 e. The van der Waals surface area contributed by atoms with Gasteiger partial charge in [0.25, 0.3) is 0 Å². The molecule has 18 heavy (non-hydrogen) atoms. The van der Waals surface area contributed by atoms with Crippen LogP contribution in [0.1, 0.15) is 12.0 Å². The number of nitrogens with one attached hydrogen (secondary N) is 1. The van der Waals surface area contributed by atoms with E-state index in [1.807, 2.05) is 18.5 Å². The molecule has 0 aromatic carbocycles. The van der Waals surface area contributed by atoms with Gasteiger partial charge in [-0.15, -0.1) is 0 Å². The molecule has 0 amide bonds. The number of likely N-dealkylation sites (N-methyl/N-ethyl adjacent to an activating group) is 1. The number of ether oxygens (including phenoxy) is 1. The normalized spacial score (nSPS) is 27.7. The second-order valence-corrected chi connectivity index (χ2v) is 5.63. The van der Waals surface area contributed by atoms with Crippen LogP contribution in [0.5, 0.6) is 0 Å². The second kappa shape index (κ2) is 4.96. The Kier molecular flexibility index (Phi) is 3.33. The first-order valence-electron chi connectivity index (χ1n) is 6.69. The van der Waals surface area contributed by atoms with Crippen LogP contribution in [0.25, 0.3) is 0 Å². The Labute approximate surface area is 108 Å². The number of nitrogens with zero attached hydrogens (tertiary/aromatic N) is 2. The third kappa shape index (κ3) is 2.28. The third-order valence-electron chi connectivity index (χ3n) is 4.13. The number of hydrogen-bond acceptors (Lipinski definition) is 4. The smallest absolute Gasteiger partial charge is 0.0586 e. The minimum absolute atomic E-state index is 0.185. The predicted octanol–water partition coefficient (Wildman–Crippen LogP) is 0.643. The van der Waals surface area contributed by atoms with Crippen molar-refractivity contribution >= 4 is 0 Å². The number of hydrogen-bond donors (Lipinski definition) is 1. The van der Waals surface area contributed by atoms with Gasteiger partial charge in [0.15, 0.2) is 0 Å². The van der Waals surface area contributed by atoms with Gasteiger partial charge in [0, 0.05) is 43.5 Å². The lowest BCUT2D eigenvalue weighted by molar-refractivity contribution is -0.0708. The lowest BCUT2D eigenvalue weighted by Gasteiger charge is -2.45. The fraction of sp³-hybridized carbons (Fsp3) is 0.643. The van der Waals surface area contributed by atoms with Gasteiger partial charge in [-0.2, -0.15) is 0 Å². The molecule has 2 fully saturated rings. The van der Waals surface area contributed by atoms with E-state index in [1.165, 1.54) is 5.56 Å². The predicted molar refractivity (Wildman–Crippen MR) is 70.6 cm³/mol. The third-order valence-corrected chi connectivity index (χ3v) is 4.13. The Bertz CT molecular complexity index is 391. The van der Waals surface area contributed by atoms with Crippen molar-refractivity contribution < 1.29 is 4.74 Å². The van der Waals surface area contributed by atoms with E-state index in [-0.39, 0.29) is 5.41 Å². The minimum atomic E-state index is 0.185. The van der Waals surface area contributed by atoms with Gasteiger partial charge in [-0.1, -0.05) is 6.07 Å². The summed E-state index contributed by atoms with van der Waals surface area (Å²) >= 11 is 0. The zero-order chi connectivity index (χ0) is 12.4. The van der Waals surface area contributed by atoms with E-state index >= 15 is 0 Å². The van der Waals surface area contributed by atoms with Crippen molar-refractivity contribution in [1.82, 2.24) is 15.2 Å². The molecule has 0 saturated carbocycles. The SMILES string of the molecule is CN1CCNC(CC2(c3cccnc3)COC2)C1. The number of aromatic nitrogens is 1. The molecule has 0 aliphatic carbocycles. The zero-order valence-electron chi connectivity index (χ0n) is 10.9. The molecule has 2 saturated heterocycles. The van der Waals surface area contributed by atoms with Crippen LogP contribution >= 0.6 is 0 Å². The summed E-state index contributed by atoms with van der Waals surface area (Å²) in [5, 5.41) is 3.63. The van der Waals surface area contributed by atoms with Crippen LogP contribution in [0.2, 0.25) is 0 Å². The zero-order valence-corrected chi connectivity index (χ0v) is 10.9. The highest BCUT2D eigenvalue weighted by Gasteiger charge is 2.42. The first-order chi connectivity index (χ1) is 8.78. The first-order valence-corrected chi connectivity index (χ1v) is 6.69. The molecule has 3 heterocycles. The summed E-state index contributed by atoms with van der Waals surface area (Å²) in [6.07, 6.45) is 4.97. The maximum absolute atomic E-state index is 5.49. The summed E-state index contributed by atoms with van der Waals surface area (Å²) < 4.78 is 5.49. The highest BCUT2D eigenvalue weighted by molar-refractivity contribution is 5.25. The van der Waals surface area contributed by atoms with Crippen molar-refractivity contribution in [1.29, 1.82) is 0 Å². The van der Waals surface area contributed by atoms with Crippen LogP contribution in [0.4, 0.5) is 0 Å². The van der Waals surface area contributed by atoms with Crippen LogP contribution in [-0.4, -0.2) is 55.8 Å². The van der Waals surface area contributed by atoms with Crippen molar-refractivity contribution in [3.8, 4) is 0 Å². The first kappa shape index (κ1) is 12.1. The average molecular weight is 247 g/mol. The van der Waals surface area contributed by atoms with Gasteiger partial charge in [0.1, 0.15) is 0 Å². The molecule has 4 nitrogen and oxygen atoms in total. The summed E-state index contributed by atoms with van der Waals surface area (Å²) in [6.45, 7) is 5.03. The Morgan fingerprint density at radius 1 is 1.56 bits per heavy atom. The van der Waals surface area contributed by atoms with E-state index in [9.17, 15) is 0 Å². The van der Waals surface area contributed by atoms with Crippen molar-refractivity contribution in [3.05, 3.63) is 30.1 Å². The fourth-order valence-corrected chi connectivity index (χ4v) is 3.03. The van der Waals surface area contributed by atoms with Crippen molar-refractivity contribution in [2.75, 3.05) is 39.9 Å². The lowest BCUT2D eigenvalue weighted by atomic mass is 9.74. The van der Waals surface area contributed by atoms with E-state index in [2.05, 4.69) is 28.3 Å². The molecule has 1 N–H and O–H groups in total. The maximum atomic E-state index is 5.49. The van der Waals surface area contributed by atoms with Gasteiger partial charge in [-0.3, -0.25) is 4.98 Å². The molecule has 4 heteroatoms. The maximum Gasteiger partial charge on any atom is 0.0586 e. The van der Waals surface area contributed by atoms with Crippen molar-refractivity contribution in [2.45, 2.75) is 17.9 Å². The van der Waals surface area contributed by atoms with Crippen LogP contribution in [-0.2, 0) is 10.2 Å². The highest BCUT2D eigenvalue weighted by atomic mass is 16.5. The monoisotopic (exact) mass is 247 g/mol. The van der Waals surface area contributed by atoms with E-state index in [1.54, 1.807) is 0 Å².